The second-order valence-electron chi connectivity index (χ2n) is 6.10. The molecule has 2 fully saturated rings. The molecule has 124 valence electrons. The van der Waals surface area contributed by atoms with E-state index >= 15 is 0 Å². The summed E-state index contributed by atoms with van der Waals surface area (Å²) in [4.78, 5) is 24.9. The fourth-order valence-electron chi connectivity index (χ4n) is 3.28. The van der Waals surface area contributed by atoms with Crippen LogP contribution in [0.25, 0.3) is 0 Å². The summed E-state index contributed by atoms with van der Waals surface area (Å²) in [6.45, 7) is 0.404. The molecule has 1 aliphatic carbocycles. The predicted octanol–water partition coefficient (Wildman–Crippen LogP) is 2.88. The van der Waals surface area contributed by atoms with Gasteiger partial charge in [-0.25, -0.2) is 4.79 Å². The maximum atomic E-state index is 12.8. The van der Waals surface area contributed by atoms with Gasteiger partial charge in [-0.1, -0.05) is 18.2 Å². The van der Waals surface area contributed by atoms with Crippen LogP contribution in [0.4, 0.5) is 13.2 Å². The van der Waals surface area contributed by atoms with Crippen molar-refractivity contribution in [3.63, 3.8) is 0 Å². The molecule has 0 radical (unpaired) electrons. The Morgan fingerprint density at radius 1 is 1.26 bits per heavy atom. The zero-order chi connectivity index (χ0) is 16.8. The van der Waals surface area contributed by atoms with E-state index in [0.29, 0.717) is 31.4 Å². The smallest absolute Gasteiger partial charge is 0.416 e. The third-order valence-electron chi connectivity index (χ3n) is 4.57. The van der Waals surface area contributed by atoms with Crippen molar-refractivity contribution in [2.24, 2.45) is 5.92 Å². The molecule has 0 spiro atoms. The van der Waals surface area contributed by atoms with Crippen molar-refractivity contribution in [3.8, 4) is 0 Å². The number of carboxylic acids is 1. The number of likely N-dealkylation sites (tertiary alicyclic amines) is 1. The van der Waals surface area contributed by atoms with Crippen molar-refractivity contribution in [1.29, 1.82) is 0 Å². The van der Waals surface area contributed by atoms with Gasteiger partial charge >= 0.3 is 12.1 Å². The first-order valence-corrected chi connectivity index (χ1v) is 7.49. The van der Waals surface area contributed by atoms with Gasteiger partial charge in [0, 0.05) is 12.5 Å². The highest BCUT2D eigenvalue weighted by atomic mass is 19.4. The summed E-state index contributed by atoms with van der Waals surface area (Å²) in [6.07, 6.45) is -2.86. The fourth-order valence-corrected chi connectivity index (χ4v) is 3.28. The van der Waals surface area contributed by atoms with Crippen molar-refractivity contribution >= 4 is 11.9 Å². The highest BCUT2D eigenvalue weighted by molar-refractivity contribution is 5.88. The molecule has 3 rings (SSSR count). The van der Waals surface area contributed by atoms with Gasteiger partial charge in [0.1, 0.15) is 6.04 Å². The second-order valence-corrected chi connectivity index (χ2v) is 6.10. The number of carboxylic acid groups (broad SMARTS) is 1. The Morgan fingerprint density at radius 3 is 2.65 bits per heavy atom. The molecule has 7 heteroatoms. The number of rotatable bonds is 3. The van der Waals surface area contributed by atoms with Crippen molar-refractivity contribution in [3.05, 3.63) is 35.4 Å². The number of nitrogens with zero attached hydrogens (tertiary/aromatic N) is 1. The molecule has 3 atom stereocenters. The zero-order valence-electron chi connectivity index (χ0n) is 12.2. The van der Waals surface area contributed by atoms with Gasteiger partial charge in [0.25, 0.3) is 0 Å². The molecule has 1 amide bonds. The molecule has 1 aromatic rings. The maximum Gasteiger partial charge on any atom is 0.416 e. The van der Waals surface area contributed by atoms with E-state index in [4.69, 9.17) is 5.11 Å². The first-order valence-electron chi connectivity index (χ1n) is 7.49. The van der Waals surface area contributed by atoms with E-state index < -0.39 is 29.7 Å². The molecule has 1 aromatic carbocycles. The van der Waals surface area contributed by atoms with Crippen molar-refractivity contribution in [2.75, 3.05) is 6.54 Å². The summed E-state index contributed by atoms with van der Waals surface area (Å²) in [5.74, 6) is -1.93. The largest absolute Gasteiger partial charge is 0.480 e. The summed E-state index contributed by atoms with van der Waals surface area (Å²) in [5.41, 5.74) is -0.234. The van der Waals surface area contributed by atoms with Crippen LogP contribution in [-0.4, -0.2) is 34.5 Å². The Bertz CT molecular complexity index is 644. The number of benzene rings is 1. The summed E-state index contributed by atoms with van der Waals surface area (Å²) >= 11 is 0. The van der Waals surface area contributed by atoms with Gasteiger partial charge in [0.05, 0.1) is 5.56 Å². The number of hydrogen-bond acceptors (Lipinski definition) is 2. The number of halogens is 3. The third kappa shape index (κ3) is 3.04. The van der Waals surface area contributed by atoms with Crippen LogP contribution in [0.3, 0.4) is 0 Å². The molecular weight excluding hydrogens is 311 g/mol. The zero-order valence-corrected chi connectivity index (χ0v) is 12.2. The lowest BCUT2D eigenvalue weighted by Crippen LogP contribution is -2.41. The Labute approximate surface area is 130 Å². The van der Waals surface area contributed by atoms with E-state index in [1.807, 2.05) is 0 Å². The van der Waals surface area contributed by atoms with E-state index in [2.05, 4.69) is 0 Å². The Balaban J connectivity index is 1.72. The van der Waals surface area contributed by atoms with Crippen LogP contribution in [-0.2, 0) is 15.8 Å². The quantitative estimate of drug-likeness (QED) is 0.929. The highest BCUT2D eigenvalue weighted by Crippen LogP contribution is 2.49. The van der Waals surface area contributed by atoms with Crippen LogP contribution >= 0.6 is 0 Å². The fraction of sp³-hybridized carbons (Fsp3) is 0.500. The van der Waals surface area contributed by atoms with E-state index in [-0.39, 0.29) is 11.8 Å². The summed E-state index contributed by atoms with van der Waals surface area (Å²) in [7, 11) is 0. The number of carbonyl (C=O) groups excluding carboxylic acids is 1. The molecule has 0 bridgehead atoms. The lowest BCUT2D eigenvalue weighted by molar-refractivity contribution is -0.148. The van der Waals surface area contributed by atoms with Crippen molar-refractivity contribution < 1.29 is 27.9 Å². The first kappa shape index (κ1) is 15.8. The van der Waals surface area contributed by atoms with Crippen LogP contribution in [0, 0.1) is 5.92 Å². The standard InChI is InChI=1S/C16H16F3NO3/c17-16(18,19)10-4-1-3-9(7-10)11-8-12(11)14(21)20-6-2-5-13(20)15(22)23/h1,3-4,7,11-13H,2,5-6,8H2,(H,22,23)/t11-,12+,13+/m0/s1. The third-order valence-corrected chi connectivity index (χ3v) is 4.57. The average Bonchev–Trinajstić information content (AvgIpc) is 3.13. The molecule has 1 saturated heterocycles. The molecule has 1 heterocycles. The molecule has 0 aromatic heterocycles. The van der Waals surface area contributed by atoms with E-state index in [1.54, 1.807) is 6.07 Å². The van der Waals surface area contributed by atoms with E-state index in [0.717, 1.165) is 12.1 Å². The number of alkyl halides is 3. The van der Waals surface area contributed by atoms with E-state index in [9.17, 15) is 22.8 Å². The molecule has 1 saturated carbocycles. The molecule has 0 unspecified atom stereocenters. The number of carbonyl (C=O) groups is 2. The molecule has 1 aliphatic heterocycles. The Hall–Kier alpha value is -2.05. The Kier molecular flexibility index (Phi) is 3.82. The van der Waals surface area contributed by atoms with Crippen LogP contribution < -0.4 is 0 Å². The van der Waals surface area contributed by atoms with Crippen molar-refractivity contribution in [2.45, 2.75) is 37.4 Å². The SMILES string of the molecule is O=C(O)[C@H]1CCCN1C(=O)[C@@H]1C[C@H]1c1cccc(C(F)(F)F)c1. The summed E-state index contributed by atoms with van der Waals surface area (Å²) in [6, 6.07) is 4.21. The van der Waals surface area contributed by atoms with Gasteiger partial charge in [-0.15, -0.1) is 0 Å². The minimum atomic E-state index is -4.41. The monoisotopic (exact) mass is 327 g/mol. The molecule has 2 aliphatic rings. The Morgan fingerprint density at radius 2 is 2.00 bits per heavy atom. The lowest BCUT2D eigenvalue weighted by atomic mass is 10.0. The normalized spacial score (nSPS) is 27.1. The predicted molar refractivity (Wildman–Crippen MR) is 74.7 cm³/mol. The minimum Gasteiger partial charge on any atom is -0.480 e. The molecule has 4 nitrogen and oxygen atoms in total. The van der Waals surface area contributed by atoms with Crippen LogP contribution in [0.1, 0.15) is 36.3 Å². The van der Waals surface area contributed by atoms with Gasteiger partial charge in [-0.2, -0.15) is 13.2 Å². The minimum absolute atomic E-state index is 0.250. The molecular formula is C16H16F3NO3. The van der Waals surface area contributed by atoms with E-state index in [1.165, 1.54) is 11.0 Å². The highest BCUT2D eigenvalue weighted by Gasteiger charge is 2.49. The van der Waals surface area contributed by atoms with Gasteiger partial charge in [-0.05, 0) is 36.8 Å². The topological polar surface area (TPSA) is 57.6 Å². The van der Waals surface area contributed by atoms with Crippen LogP contribution in [0.5, 0.6) is 0 Å². The number of aliphatic carboxylic acids is 1. The first-order chi connectivity index (χ1) is 10.8. The summed E-state index contributed by atoms with van der Waals surface area (Å²) < 4.78 is 38.3. The molecule has 1 N–H and O–H groups in total. The second kappa shape index (κ2) is 5.54. The number of amides is 1. The van der Waals surface area contributed by atoms with Gasteiger partial charge < -0.3 is 10.0 Å². The number of hydrogen-bond donors (Lipinski definition) is 1. The average molecular weight is 327 g/mol. The van der Waals surface area contributed by atoms with Crippen LogP contribution in [0.2, 0.25) is 0 Å². The van der Waals surface area contributed by atoms with Crippen molar-refractivity contribution in [1.82, 2.24) is 4.90 Å². The maximum absolute atomic E-state index is 12.8. The van der Waals surface area contributed by atoms with Gasteiger partial charge in [0.15, 0.2) is 0 Å². The molecule has 23 heavy (non-hydrogen) atoms. The van der Waals surface area contributed by atoms with Gasteiger partial charge in [0.2, 0.25) is 5.91 Å². The van der Waals surface area contributed by atoms with Crippen LogP contribution in [0.15, 0.2) is 24.3 Å². The summed E-state index contributed by atoms with van der Waals surface area (Å²) in [5, 5.41) is 9.12. The van der Waals surface area contributed by atoms with Gasteiger partial charge in [-0.3, -0.25) is 4.79 Å². The lowest BCUT2D eigenvalue weighted by Gasteiger charge is -2.21.